The number of hydrogen-bond donors (Lipinski definition) is 2. The topological polar surface area (TPSA) is 120 Å². The van der Waals surface area contributed by atoms with Crippen molar-refractivity contribution in [3.8, 4) is 0 Å². The Bertz CT molecular complexity index is 766. The molecule has 1 aromatic carbocycles. The van der Waals surface area contributed by atoms with Crippen LogP contribution in [0.2, 0.25) is 0 Å². The highest BCUT2D eigenvalue weighted by atomic mass is 16.6. The molecule has 3 N–H and O–H groups in total. The predicted molar refractivity (Wildman–Crippen MR) is 72.2 cm³/mol. The van der Waals surface area contributed by atoms with Gasteiger partial charge in [-0.25, -0.2) is 5.84 Å². The van der Waals surface area contributed by atoms with Gasteiger partial charge in [0.05, 0.1) is 15.8 Å². The van der Waals surface area contributed by atoms with Gasteiger partial charge in [-0.2, -0.15) is 0 Å². The van der Waals surface area contributed by atoms with Gasteiger partial charge in [-0.15, -0.1) is 0 Å². The largest absolute Gasteiger partial charge is 0.347 e. The Kier molecular flexibility index (Phi) is 3.49. The van der Waals surface area contributed by atoms with Gasteiger partial charge in [-0.1, -0.05) is 0 Å². The van der Waals surface area contributed by atoms with E-state index < -0.39 is 16.3 Å². The second-order valence-corrected chi connectivity index (χ2v) is 4.09. The molecule has 0 spiro atoms. The fourth-order valence-corrected chi connectivity index (χ4v) is 2.00. The van der Waals surface area contributed by atoms with E-state index in [1.165, 1.54) is 18.3 Å². The summed E-state index contributed by atoms with van der Waals surface area (Å²) in [4.78, 5) is 34.0. The number of pyridine rings is 1. The highest BCUT2D eigenvalue weighted by Crippen LogP contribution is 2.19. The molecule has 1 heterocycles. The lowest BCUT2D eigenvalue weighted by Gasteiger charge is -2.10. The number of carbonyl (C=O) groups is 1. The number of fused-ring (bicyclic) bond motifs is 1. The number of amides is 1. The molecule has 2 rings (SSSR count). The maximum absolute atomic E-state index is 12.2. The van der Waals surface area contributed by atoms with Crippen LogP contribution in [-0.4, -0.2) is 15.4 Å². The first-order chi connectivity index (χ1) is 9.49. The minimum atomic E-state index is -0.731. The van der Waals surface area contributed by atoms with Crippen LogP contribution in [-0.2, 0) is 6.54 Å². The number of nitro groups is 1. The molecule has 0 aliphatic heterocycles. The van der Waals surface area contributed by atoms with Crippen molar-refractivity contribution < 1.29 is 9.72 Å². The van der Waals surface area contributed by atoms with Gasteiger partial charge in [0.15, 0.2) is 0 Å². The highest BCUT2D eigenvalue weighted by molar-refractivity contribution is 5.97. The summed E-state index contributed by atoms with van der Waals surface area (Å²) < 4.78 is 1.66. The minimum absolute atomic E-state index is 0.113. The Labute approximate surface area is 112 Å². The Morgan fingerprint density at radius 2 is 2.20 bits per heavy atom. The average Bonchev–Trinajstić information content (AvgIpc) is 2.46. The minimum Gasteiger partial charge on any atom is -0.347 e. The molecule has 1 amide bonds. The number of benzene rings is 1. The van der Waals surface area contributed by atoms with Crippen LogP contribution in [0.4, 0.5) is 5.69 Å². The molecule has 0 aliphatic carbocycles. The first-order valence-corrected chi connectivity index (χ1v) is 5.82. The van der Waals surface area contributed by atoms with Crippen LogP contribution in [0.5, 0.6) is 0 Å². The number of rotatable bonds is 3. The molecule has 2 aromatic rings. The zero-order valence-corrected chi connectivity index (χ0v) is 10.6. The van der Waals surface area contributed by atoms with Gasteiger partial charge in [0.25, 0.3) is 11.6 Å². The summed E-state index contributed by atoms with van der Waals surface area (Å²) in [6.45, 7) is 2.33. The van der Waals surface area contributed by atoms with Crippen LogP contribution in [0.15, 0.2) is 29.2 Å². The molecule has 0 radical (unpaired) electrons. The van der Waals surface area contributed by atoms with Gasteiger partial charge in [-0.3, -0.25) is 25.1 Å². The molecule has 0 bridgehead atoms. The summed E-state index contributed by atoms with van der Waals surface area (Å²) in [5.41, 5.74) is 1.47. The van der Waals surface area contributed by atoms with Gasteiger partial charge in [0.2, 0.25) is 5.43 Å². The van der Waals surface area contributed by atoms with Gasteiger partial charge >= 0.3 is 0 Å². The molecule has 1 aromatic heterocycles. The van der Waals surface area contributed by atoms with E-state index in [1.54, 1.807) is 4.57 Å². The van der Waals surface area contributed by atoms with Crippen LogP contribution in [0, 0.1) is 10.1 Å². The molecule has 0 saturated heterocycles. The van der Waals surface area contributed by atoms with Gasteiger partial charge in [0.1, 0.15) is 5.56 Å². The number of nitrogens with two attached hydrogens (primary N) is 1. The monoisotopic (exact) mass is 276 g/mol. The number of aromatic nitrogens is 1. The van der Waals surface area contributed by atoms with Crippen LogP contribution in [0.25, 0.3) is 10.9 Å². The van der Waals surface area contributed by atoms with Crippen molar-refractivity contribution in [3.05, 3.63) is 50.3 Å². The standard InChI is InChI=1S/C12H12N4O4/c1-2-15-6-9(12(18)14-13)11(17)8-5-7(16(19)20)3-4-10(8)15/h3-6H,2,13H2,1H3,(H,14,18). The number of nitrogens with one attached hydrogen (secondary N) is 1. The first-order valence-electron chi connectivity index (χ1n) is 5.82. The Morgan fingerprint density at radius 3 is 2.75 bits per heavy atom. The Balaban J connectivity index is 2.87. The molecule has 0 atom stereocenters. The predicted octanol–water partition coefficient (Wildman–Crippen LogP) is 0.533. The number of hydrazine groups is 1. The summed E-state index contributed by atoms with van der Waals surface area (Å²) in [6.07, 6.45) is 1.39. The van der Waals surface area contributed by atoms with Crippen molar-refractivity contribution in [1.29, 1.82) is 0 Å². The third-order valence-corrected chi connectivity index (χ3v) is 2.99. The van der Waals surface area contributed by atoms with E-state index in [1.807, 2.05) is 12.3 Å². The van der Waals surface area contributed by atoms with Crippen molar-refractivity contribution >= 4 is 22.5 Å². The maximum Gasteiger partial charge on any atom is 0.270 e. The second-order valence-electron chi connectivity index (χ2n) is 4.09. The van der Waals surface area contributed by atoms with Crippen molar-refractivity contribution in [2.75, 3.05) is 0 Å². The van der Waals surface area contributed by atoms with E-state index in [0.717, 1.165) is 6.07 Å². The first kappa shape index (κ1) is 13.7. The quantitative estimate of drug-likeness (QED) is 0.366. The average molecular weight is 276 g/mol. The summed E-state index contributed by atoms with van der Waals surface area (Å²) in [6, 6.07) is 3.97. The molecule has 8 heteroatoms. The molecular formula is C12H12N4O4. The lowest BCUT2D eigenvalue weighted by molar-refractivity contribution is -0.384. The summed E-state index contributed by atoms with van der Waals surface area (Å²) in [5, 5.41) is 10.9. The molecule has 0 unspecified atom stereocenters. The van der Waals surface area contributed by atoms with E-state index in [0.29, 0.717) is 12.1 Å². The SMILES string of the molecule is CCn1cc(C(=O)NN)c(=O)c2cc([N+](=O)[O-])ccc21. The maximum atomic E-state index is 12.2. The van der Waals surface area contributed by atoms with E-state index in [9.17, 15) is 19.7 Å². The zero-order chi connectivity index (χ0) is 14.9. The number of aryl methyl sites for hydroxylation is 1. The third kappa shape index (κ3) is 2.12. The zero-order valence-electron chi connectivity index (χ0n) is 10.6. The van der Waals surface area contributed by atoms with E-state index >= 15 is 0 Å². The Hall–Kier alpha value is -2.74. The second kappa shape index (κ2) is 5.10. The summed E-state index contributed by atoms with van der Waals surface area (Å²) in [5.74, 6) is 4.30. The van der Waals surface area contributed by atoms with Crippen molar-refractivity contribution in [2.45, 2.75) is 13.5 Å². The molecule has 104 valence electrons. The number of hydrogen-bond acceptors (Lipinski definition) is 5. The number of nitrogens with zero attached hydrogens (tertiary/aromatic N) is 2. The van der Waals surface area contributed by atoms with Crippen molar-refractivity contribution in [2.24, 2.45) is 5.84 Å². The van der Waals surface area contributed by atoms with Crippen molar-refractivity contribution in [3.63, 3.8) is 0 Å². The van der Waals surface area contributed by atoms with E-state index in [-0.39, 0.29) is 16.6 Å². The molecular weight excluding hydrogens is 264 g/mol. The van der Waals surface area contributed by atoms with E-state index in [4.69, 9.17) is 5.84 Å². The fourth-order valence-electron chi connectivity index (χ4n) is 2.00. The number of nitrogen functional groups attached to an aromatic ring is 1. The van der Waals surface area contributed by atoms with E-state index in [2.05, 4.69) is 0 Å². The number of carbonyl (C=O) groups excluding carboxylic acids is 1. The fraction of sp³-hybridized carbons (Fsp3) is 0.167. The lowest BCUT2D eigenvalue weighted by Crippen LogP contribution is -2.34. The third-order valence-electron chi connectivity index (χ3n) is 2.99. The van der Waals surface area contributed by atoms with Crippen LogP contribution in [0.1, 0.15) is 17.3 Å². The number of nitro benzene ring substituents is 1. The smallest absolute Gasteiger partial charge is 0.270 e. The van der Waals surface area contributed by atoms with Gasteiger partial charge < -0.3 is 4.57 Å². The molecule has 8 nitrogen and oxygen atoms in total. The summed E-state index contributed by atoms with van der Waals surface area (Å²) in [7, 11) is 0. The van der Waals surface area contributed by atoms with Gasteiger partial charge in [0, 0.05) is 24.9 Å². The molecule has 0 saturated carbocycles. The van der Waals surface area contributed by atoms with Crippen molar-refractivity contribution in [1.82, 2.24) is 9.99 Å². The van der Waals surface area contributed by atoms with Crippen LogP contribution >= 0.6 is 0 Å². The van der Waals surface area contributed by atoms with Gasteiger partial charge in [-0.05, 0) is 13.0 Å². The normalized spacial score (nSPS) is 10.5. The number of non-ortho nitro benzene ring substituents is 1. The lowest BCUT2D eigenvalue weighted by atomic mass is 10.1. The summed E-state index contributed by atoms with van der Waals surface area (Å²) >= 11 is 0. The van der Waals surface area contributed by atoms with Crippen LogP contribution < -0.4 is 16.7 Å². The Morgan fingerprint density at radius 1 is 1.50 bits per heavy atom. The highest BCUT2D eigenvalue weighted by Gasteiger charge is 2.16. The molecule has 20 heavy (non-hydrogen) atoms. The molecule has 0 fully saturated rings. The van der Waals surface area contributed by atoms with Crippen LogP contribution in [0.3, 0.4) is 0 Å². The molecule has 0 aliphatic rings.